The van der Waals surface area contributed by atoms with E-state index in [1.165, 1.54) is 26.4 Å². The van der Waals surface area contributed by atoms with E-state index in [1.807, 2.05) is 6.07 Å². The van der Waals surface area contributed by atoms with Crippen LogP contribution in [0.15, 0.2) is 46.4 Å². The minimum atomic E-state index is -0.761. The number of hydrogen-bond donors (Lipinski definition) is 7. The van der Waals surface area contributed by atoms with Gasteiger partial charge in [-0.25, -0.2) is 0 Å². The average Bonchev–Trinajstić information content (AvgIpc) is 3.42. The minimum Gasteiger partial charge on any atom is -0.504 e. The summed E-state index contributed by atoms with van der Waals surface area (Å²) >= 11 is 0. The zero-order valence-electron chi connectivity index (χ0n) is 26.0. The number of amides is 2. The SMILES string of the molecule is CN=C(N)NCCCCNC(=O)/C=C/c1cc(OC)c2c(c1)C(C(=O)NCCCCN=C(N)N)C(c1ccc(O)c(OC)c1)O2. The Hall–Kier alpha value is -5.14. The first-order valence-corrected chi connectivity index (χ1v) is 14.7. The van der Waals surface area contributed by atoms with E-state index < -0.39 is 12.0 Å². The van der Waals surface area contributed by atoms with Crippen LogP contribution in [0.3, 0.4) is 0 Å². The molecule has 2 amide bonds. The topological polar surface area (TPSA) is 221 Å². The van der Waals surface area contributed by atoms with E-state index in [1.54, 1.807) is 31.3 Å². The van der Waals surface area contributed by atoms with Gasteiger partial charge in [-0.2, -0.15) is 0 Å². The van der Waals surface area contributed by atoms with Crippen molar-refractivity contribution >= 4 is 29.8 Å². The van der Waals surface area contributed by atoms with Crippen molar-refractivity contribution in [1.82, 2.24) is 16.0 Å². The number of unbranched alkanes of at least 4 members (excludes halogenated alkanes) is 2. The van der Waals surface area contributed by atoms with E-state index in [9.17, 15) is 14.7 Å². The van der Waals surface area contributed by atoms with E-state index in [-0.39, 0.29) is 29.3 Å². The summed E-state index contributed by atoms with van der Waals surface area (Å²) in [4.78, 5) is 34.0. The van der Waals surface area contributed by atoms with Crippen LogP contribution in [0.2, 0.25) is 0 Å². The van der Waals surface area contributed by atoms with Gasteiger partial charge in [-0.3, -0.25) is 19.6 Å². The van der Waals surface area contributed by atoms with Crippen LogP contribution in [0.4, 0.5) is 0 Å². The number of carbonyl (C=O) groups is 2. The highest BCUT2D eigenvalue weighted by atomic mass is 16.5. The predicted octanol–water partition coefficient (Wildman–Crippen LogP) is 1.24. The lowest BCUT2D eigenvalue weighted by atomic mass is 9.89. The molecular weight excluding hydrogens is 580 g/mol. The maximum Gasteiger partial charge on any atom is 0.243 e. The smallest absolute Gasteiger partial charge is 0.243 e. The molecule has 14 heteroatoms. The predicted molar refractivity (Wildman–Crippen MR) is 174 cm³/mol. The van der Waals surface area contributed by atoms with Gasteiger partial charge in [0.05, 0.1) is 14.2 Å². The number of hydrogen-bond acceptors (Lipinski definition) is 8. The average molecular weight is 625 g/mol. The van der Waals surface area contributed by atoms with Crippen molar-refractivity contribution in [2.45, 2.75) is 37.7 Å². The van der Waals surface area contributed by atoms with Crippen LogP contribution in [-0.2, 0) is 9.59 Å². The number of aliphatic imine (C=N–C) groups is 2. The van der Waals surface area contributed by atoms with Gasteiger partial charge in [0.25, 0.3) is 0 Å². The lowest BCUT2D eigenvalue weighted by molar-refractivity contribution is -0.124. The molecule has 2 aromatic rings. The number of rotatable bonds is 16. The molecule has 1 heterocycles. The molecular formula is C31H44N8O6. The lowest BCUT2D eigenvalue weighted by Crippen LogP contribution is -2.32. The number of nitrogens with zero attached hydrogens (tertiary/aromatic N) is 2. The Morgan fingerprint density at radius 1 is 0.956 bits per heavy atom. The van der Waals surface area contributed by atoms with Gasteiger partial charge in [0.15, 0.2) is 34.9 Å². The number of guanidine groups is 2. The van der Waals surface area contributed by atoms with Gasteiger partial charge in [0.1, 0.15) is 12.0 Å². The maximum atomic E-state index is 13.7. The summed E-state index contributed by atoms with van der Waals surface area (Å²) in [5.41, 5.74) is 18.3. The molecule has 0 spiro atoms. The number of carbonyl (C=O) groups excluding carboxylic acids is 2. The Morgan fingerprint density at radius 3 is 2.33 bits per heavy atom. The molecule has 0 saturated heterocycles. The molecule has 2 atom stereocenters. The number of methoxy groups -OCH3 is 2. The number of phenols is 1. The zero-order valence-corrected chi connectivity index (χ0v) is 26.0. The van der Waals surface area contributed by atoms with Crippen molar-refractivity contribution in [2.24, 2.45) is 27.2 Å². The normalized spacial score (nSPS) is 15.6. The second-order valence-electron chi connectivity index (χ2n) is 10.3. The molecule has 0 aromatic heterocycles. The number of phenolic OH excluding ortho intramolecular Hbond substituents is 1. The highest BCUT2D eigenvalue weighted by Crippen LogP contribution is 2.51. The largest absolute Gasteiger partial charge is 0.504 e. The third-order valence-corrected chi connectivity index (χ3v) is 7.08. The Bertz CT molecular complexity index is 1410. The Labute approximate surface area is 263 Å². The van der Waals surface area contributed by atoms with Gasteiger partial charge < -0.3 is 52.5 Å². The molecule has 0 fully saturated rings. The molecule has 3 rings (SSSR count). The van der Waals surface area contributed by atoms with Crippen molar-refractivity contribution < 1.29 is 28.9 Å². The van der Waals surface area contributed by atoms with Gasteiger partial charge in [0, 0.05) is 44.9 Å². The van der Waals surface area contributed by atoms with Crippen molar-refractivity contribution in [3.05, 3.63) is 53.1 Å². The first-order valence-electron chi connectivity index (χ1n) is 14.7. The molecule has 2 unspecified atom stereocenters. The fourth-order valence-corrected chi connectivity index (χ4v) is 4.77. The molecule has 10 N–H and O–H groups in total. The summed E-state index contributed by atoms with van der Waals surface area (Å²) in [7, 11) is 4.57. The lowest BCUT2D eigenvalue weighted by Gasteiger charge is -2.20. The first-order chi connectivity index (χ1) is 21.7. The Morgan fingerprint density at radius 2 is 1.64 bits per heavy atom. The van der Waals surface area contributed by atoms with Crippen LogP contribution in [-0.4, -0.2) is 76.3 Å². The third-order valence-electron chi connectivity index (χ3n) is 7.08. The van der Waals surface area contributed by atoms with Crippen LogP contribution < -0.4 is 47.4 Å². The molecule has 1 aliphatic rings. The van der Waals surface area contributed by atoms with Crippen molar-refractivity contribution in [3.63, 3.8) is 0 Å². The highest BCUT2D eigenvalue weighted by Gasteiger charge is 2.42. The quantitative estimate of drug-likeness (QED) is 0.0613. The van der Waals surface area contributed by atoms with Crippen LogP contribution in [0.25, 0.3) is 6.08 Å². The Kier molecular flexibility index (Phi) is 13.2. The van der Waals surface area contributed by atoms with E-state index in [4.69, 9.17) is 31.4 Å². The van der Waals surface area contributed by atoms with Crippen molar-refractivity contribution in [1.29, 1.82) is 0 Å². The number of ether oxygens (including phenoxy) is 3. The molecule has 45 heavy (non-hydrogen) atoms. The number of nitrogens with one attached hydrogen (secondary N) is 3. The summed E-state index contributed by atoms with van der Waals surface area (Å²) in [6.45, 7) is 2.03. The maximum absolute atomic E-state index is 13.7. The molecule has 14 nitrogen and oxygen atoms in total. The summed E-state index contributed by atoms with van der Waals surface area (Å²) in [5, 5.41) is 19.0. The first kappa shape index (κ1) is 34.4. The fourth-order valence-electron chi connectivity index (χ4n) is 4.77. The summed E-state index contributed by atoms with van der Waals surface area (Å²) in [5.74, 6) is 0.196. The minimum absolute atomic E-state index is 0.0272. The summed E-state index contributed by atoms with van der Waals surface area (Å²) in [6, 6.07) is 8.37. The monoisotopic (exact) mass is 624 g/mol. The number of fused-ring (bicyclic) bond motifs is 1. The number of nitrogens with two attached hydrogens (primary N) is 3. The van der Waals surface area contributed by atoms with E-state index >= 15 is 0 Å². The standard InChI is InChI=1S/C31H44N8O6/c1-35-31(34)39-15-7-4-12-36-25(41)11-8-19-16-21-26(29(42)37-13-5-6-14-38-30(32)33)27(45-28(21)24(17-19)44-3)20-9-10-22(40)23(18-20)43-2/h8-11,16-18,26-27,40H,4-7,12-15H2,1-3H3,(H,36,41)(H,37,42)(H4,32,33,38)(H3,34,35,39)/b11-8+. The van der Waals surface area contributed by atoms with Gasteiger partial charge in [0.2, 0.25) is 11.8 Å². The van der Waals surface area contributed by atoms with E-state index in [2.05, 4.69) is 25.9 Å². The van der Waals surface area contributed by atoms with Gasteiger partial charge in [-0.15, -0.1) is 0 Å². The molecule has 2 aromatic carbocycles. The second-order valence-corrected chi connectivity index (χ2v) is 10.3. The molecule has 0 saturated carbocycles. The third kappa shape index (κ3) is 9.95. The van der Waals surface area contributed by atoms with Crippen LogP contribution in [0, 0.1) is 0 Å². The van der Waals surface area contributed by atoms with E-state index in [0.29, 0.717) is 73.2 Å². The molecule has 1 aliphatic heterocycles. The van der Waals surface area contributed by atoms with Crippen LogP contribution in [0.1, 0.15) is 54.4 Å². The van der Waals surface area contributed by atoms with Crippen molar-refractivity contribution in [2.75, 3.05) is 47.4 Å². The molecule has 0 bridgehead atoms. The zero-order chi connectivity index (χ0) is 32.8. The summed E-state index contributed by atoms with van der Waals surface area (Å²) < 4.78 is 17.3. The highest BCUT2D eigenvalue weighted by molar-refractivity contribution is 5.92. The van der Waals surface area contributed by atoms with Crippen LogP contribution >= 0.6 is 0 Å². The Balaban J connectivity index is 1.79. The van der Waals surface area contributed by atoms with Gasteiger partial charge >= 0.3 is 0 Å². The van der Waals surface area contributed by atoms with Crippen LogP contribution in [0.5, 0.6) is 23.0 Å². The van der Waals surface area contributed by atoms with Gasteiger partial charge in [-0.05, 0) is 67.2 Å². The number of benzene rings is 2. The summed E-state index contributed by atoms with van der Waals surface area (Å²) in [6.07, 6.45) is 5.30. The molecule has 0 radical (unpaired) electrons. The fraction of sp³-hybridized carbons (Fsp3) is 0.419. The second kappa shape index (κ2) is 17.2. The molecule has 0 aliphatic carbocycles. The number of aromatic hydroxyl groups is 1. The van der Waals surface area contributed by atoms with Crippen molar-refractivity contribution in [3.8, 4) is 23.0 Å². The van der Waals surface area contributed by atoms with Gasteiger partial charge in [-0.1, -0.05) is 6.07 Å². The van der Waals surface area contributed by atoms with E-state index in [0.717, 1.165) is 12.8 Å². The molecule has 244 valence electrons.